The minimum absolute atomic E-state index is 0.404. The second-order valence-electron chi connectivity index (χ2n) is 3.58. The quantitative estimate of drug-likeness (QED) is 0.690. The Morgan fingerprint density at radius 2 is 1.82 bits per heavy atom. The second-order valence-corrected chi connectivity index (χ2v) is 3.58. The molecule has 0 unspecified atom stereocenters. The van der Waals surface area contributed by atoms with E-state index >= 15 is 0 Å². The van der Waals surface area contributed by atoms with Crippen molar-refractivity contribution in [3.8, 4) is 0 Å². The zero-order valence-corrected chi connectivity index (χ0v) is 9.33. The first-order chi connectivity index (χ1) is 7.99. The van der Waals surface area contributed by atoms with Gasteiger partial charge in [-0.3, -0.25) is 10.6 Å². The summed E-state index contributed by atoms with van der Waals surface area (Å²) in [5, 5.41) is 13.6. The third kappa shape index (κ3) is 3.99. The Hall–Kier alpha value is -1.11. The van der Waals surface area contributed by atoms with E-state index in [2.05, 4.69) is 10.6 Å². The molecule has 1 rings (SSSR count). The Morgan fingerprint density at radius 3 is 2.24 bits per heavy atom. The van der Waals surface area contributed by atoms with Gasteiger partial charge < -0.3 is 5.11 Å². The molecule has 0 spiro atoms. The maximum Gasteiger partial charge on any atom is 0.417 e. The highest BCUT2D eigenvalue weighted by atomic mass is 19.4. The van der Waals surface area contributed by atoms with Crippen LogP contribution in [0.25, 0.3) is 0 Å². The van der Waals surface area contributed by atoms with E-state index < -0.39 is 25.0 Å². The smallest absolute Gasteiger partial charge is 0.394 e. The minimum atomic E-state index is -4.41. The zero-order chi connectivity index (χ0) is 12.9. The van der Waals surface area contributed by atoms with Crippen LogP contribution in [-0.2, 0) is 0 Å². The summed E-state index contributed by atoms with van der Waals surface area (Å²) < 4.78 is 37.6. The Labute approximate surface area is 97.6 Å². The number of hydrogen-bond acceptors (Lipinski definition) is 3. The van der Waals surface area contributed by atoms with Gasteiger partial charge in [0.15, 0.2) is 6.17 Å². The lowest BCUT2D eigenvalue weighted by Crippen LogP contribution is -2.52. The number of halogens is 3. The molecule has 0 amide bonds. The number of nitrogens with one attached hydrogen (secondary N) is 2. The minimum Gasteiger partial charge on any atom is -0.394 e. The lowest BCUT2D eigenvalue weighted by molar-refractivity contribution is -0.164. The van der Waals surface area contributed by atoms with Crippen LogP contribution in [0, 0.1) is 0 Å². The number of benzene rings is 1. The molecule has 6 heteroatoms. The summed E-state index contributed by atoms with van der Waals surface area (Å²) in [4.78, 5) is 0. The first-order valence-corrected chi connectivity index (χ1v) is 5.15. The van der Waals surface area contributed by atoms with Gasteiger partial charge in [-0.25, -0.2) is 0 Å². The van der Waals surface area contributed by atoms with E-state index in [0.29, 0.717) is 5.56 Å². The highest BCUT2D eigenvalue weighted by molar-refractivity contribution is 5.19. The van der Waals surface area contributed by atoms with Gasteiger partial charge in [0, 0.05) is 0 Å². The molecule has 0 saturated carbocycles. The average molecular weight is 248 g/mol. The van der Waals surface area contributed by atoms with Crippen molar-refractivity contribution in [3.63, 3.8) is 0 Å². The van der Waals surface area contributed by atoms with Crippen LogP contribution < -0.4 is 10.6 Å². The van der Waals surface area contributed by atoms with Gasteiger partial charge in [0.2, 0.25) is 0 Å². The van der Waals surface area contributed by atoms with Crippen LogP contribution in [0.1, 0.15) is 11.6 Å². The van der Waals surface area contributed by atoms with E-state index in [-0.39, 0.29) is 0 Å². The molecule has 1 aromatic carbocycles. The Morgan fingerprint density at radius 1 is 1.24 bits per heavy atom. The normalized spacial score (nSPS) is 15.6. The third-order valence-corrected chi connectivity index (χ3v) is 2.37. The Kier molecular flexibility index (Phi) is 4.92. The molecule has 0 bridgehead atoms. The van der Waals surface area contributed by atoms with Gasteiger partial charge in [-0.2, -0.15) is 13.2 Å². The predicted octanol–water partition coefficient (Wildman–Crippen LogP) is 1.42. The van der Waals surface area contributed by atoms with Crippen LogP contribution in [0.3, 0.4) is 0 Å². The van der Waals surface area contributed by atoms with Crippen molar-refractivity contribution in [2.24, 2.45) is 0 Å². The maximum absolute atomic E-state index is 12.5. The summed E-state index contributed by atoms with van der Waals surface area (Å²) in [6.45, 7) is -0.404. The molecule has 0 aromatic heterocycles. The highest BCUT2D eigenvalue weighted by Crippen LogP contribution is 2.21. The van der Waals surface area contributed by atoms with Gasteiger partial charge in [0.1, 0.15) is 0 Å². The molecule has 3 N–H and O–H groups in total. The molecule has 0 aliphatic heterocycles. The largest absolute Gasteiger partial charge is 0.417 e. The number of hydrogen-bond donors (Lipinski definition) is 3. The molecule has 0 aliphatic carbocycles. The topological polar surface area (TPSA) is 44.3 Å². The highest BCUT2D eigenvalue weighted by Gasteiger charge is 2.39. The van der Waals surface area contributed by atoms with Crippen LogP contribution in [0.15, 0.2) is 30.3 Å². The van der Waals surface area contributed by atoms with Gasteiger partial charge in [-0.1, -0.05) is 30.3 Å². The van der Waals surface area contributed by atoms with Crippen molar-refractivity contribution in [3.05, 3.63) is 35.9 Å². The maximum atomic E-state index is 12.5. The number of aliphatic hydroxyl groups excluding tert-OH is 1. The fourth-order valence-corrected chi connectivity index (χ4v) is 1.48. The molecule has 0 heterocycles. The van der Waals surface area contributed by atoms with E-state index in [1.54, 1.807) is 30.3 Å². The first kappa shape index (κ1) is 14.0. The van der Waals surface area contributed by atoms with Crippen molar-refractivity contribution >= 4 is 0 Å². The van der Waals surface area contributed by atoms with E-state index in [1.807, 2.05) is 0 Å². The number of alkyl halides is 3. The van der Waals surface area contributed by atoms with Crippen LogP contribution in [-0.4, -0.2) is 31.1 Å². The van der Waals surface area contributed by atoms with E-state index in [4.69, 9.17) is 5.11 Å². The second kappa shape index (κ2) is 6.00. The van der Waals surface area contributed by atoms with Crippen molar-refractivity contribution in [2.75, 3.05) is 13.7 Å². The van der Waals surface area contributed by atoms with E-state index in [9.17, 15) is 13.2 Å². The first-order valence-electron chi connectivity index (χ1n) is 5.15. The Balaban J connectivity index is 2.76. The summed E-state index contributed by atoms with van der Waals surface area (Å²) >= 11 is 0. The van der Waals surface area contributed by atoms with E-state index in [0.717, 1.165) is 0 Å². The molecule has 0 fully saturated rings. The molecule has 96 valence electrons. The molecule has 1 aromatic rings. The SMILES string of the molecule is CN[C@@H](N[C@@H](CO)c1ccccc1)C(F)(F)F. The lowest BCUT2D eigenvalue weighted by atomic mass is 10.1. The van der Waals surface area contributed by atoms with Gasteiger partial charge in [-0.15, -0.1) is 0 Å². The molecule has 3 nitrogen and oxygen atoms in total. The molecule has 0 aliphatic rings. The van der Waals surface area contributed by atoms with Crippen molar-refractivity contribution in [2.45, 2.75) is 18.4 Å². The lowest BCUT2D eigenvalue weighted by Gasteiger charge is -2.26. The summed E-state index contributed by atoms with van der Waals surface area (Å²) in [6, 6.07) is 7.75. The van der Waals surface area contributed by atoms with Crippen molar-refractivity contribution in [1.82, 2.24) is 10.6 Å². The molecular formula is C11H15F3N2O. The molecule has 0 radical (unpaired) electrons. The third-order valence-electron chi connectivity index (χ3n) is 2.37. The molecular weight excluding hydrogens is 233 g/mol. The average Bonchev–Trinajstić information content (AvgIpc) is 2.30. The fourth-order valence-electron chi connectivity index (χ4n) is 1.48. The van der Waals surface area contributed by atoms with Crippen LogP contribution in [0.2, 0.25) is 0 Å². The van der Waals surface area contributed by atoms with E-state index in [1.165, 1.54) is 7.05 Å². The van der Waals surface area contributed by atoms with Crippen LogP contribution in [0.4, 0.5) is 13.2 Å². The zero-order valence-electron chi connectivity index (χ0n) is 9.33. The fraction of sp³-hybridized carbons (Fsp3) is 0.455. The summed E-state index contributed by atoms with van der Waals surface area (Å²) in [6.07, 6.45) is -6.25. The monoisotopic (exact) mass is 248 g/mol. The van der Waals surface area contributed by atoms with Crippen LogP contribution in [0.5, 0.6) is 0 Å². The number of aliphatic hydroxyl groups is 1. The van der Waals surface area contributed by atoms with Crippen molar-refractivity contribution < 1.29 is 18.3 Å². The van der Waals surface area contributed by atoms with Crippen LogP contribution >= 0.6 is 0 Å². The summed E-state index contributed by atoms with van der Waals surface area (Å²) in [7, 11) is 1.21. The standard InChI is InChI=1S/C11H15F3N2O/c1-15-10(11(12,13)14)16-9(7-17)8-5-3-2-4-6-8/h2-6,9-10,15-17H,7H2,1H3/t9-,10-/m0/s1. The predicted molar refractivity (Wildman–Crippen MR) is 58.3 cm³/mol. The molecule has 0 saturated heterocycles. The molecule has 2 atom stereocenters. The van der Waals surface area contributed by atoms with Gasteiger partial charge >= 0.3 is 6.18 Å². The van der Waals surface area contributed by atoms with Crippen molar-refractivity contribution in [1.29, 1.82) is 0 Å². The molecule has 17 heavy (non-hydrogen) atoms. The van der Waals surface area contributed by atoms with Gasteiger partial charge in [-0.05, 0) is 12.6 Å². The summed E-state index contributed by atoms with van der Waals surface area (Å²) in [5.41, 5.74) is 0.611. The Bertz CT molecular complexity index is 329. The van der Waals surface area contributed by atoms with Gasteiger partial charge in [0.05, 0.1) is 12.6 Å². The summed E-state index contributed by atoms with van der Waals surface area (Å²) in [5.74, 6) is 0. The number of rotatable bonds is 5. The van der Waals surface area contributed by atoms with Gasteiger partial charge in [0.25, 0.3) is 0 Å².